The number of ketones is 1. The third-order valence-electron chi connectivity index (χ3n) is 3.20. The minimum absolute atomic E-state index is 0.120. The van der Waals surface area contributed by atoms with E-state index in [9.17, 15) is 14.4 Å². The van der Waals surface area contributed by atoms with E-state index < -0.39 is 27.4 Å². The fourth-order valence-electron chi connectivity index (χ4n) is 2.10. The van der Waals surface area contributed by atoms with Crippen LogP contribution in [0.25, 0.3) is 0 Å². The molecule has 0 bridgehead atoms. The van der Waals surface area contributed by atoms with Gasteiger partial charge in [0.25, 0.3) is 3.79 Å². The van der Waals surface area contributed by atoms with Gasteiger partial charge in [0.2, 0.25) is 5.78 Å². The molecule has 1 atom stereocenters. The van der Waals surface area contributed by atoms with Gasteiger partial charge in [0.05, 0.1) is 20.6 Å². The summed E-state index contributed by atoms with van der Waals surface area (Å²) in [6.45, 7) is 0. The number of halogens is 3. The third-order valence-corrected chi connectivity index (χ3v) is 3.72. The molecule has 1 aliphatic rings. The van der Waals surface area contributed by atoms with Crippen molar-refractivity contribution in [3.8, 4) is 0 Å². The Morgan fingerprint density at radius 1 is 1.21 bits per heavy atom. The molecule has 0 radical (unpaired) electrons. The third kappa shape index (κ3) is 5.54. The summed E-state index contributed by atoms with van der Waals surface area (Å²) in [6, 6.07) is 0. The maximum Gasteiger partial charge on any atom is 0.330 e. The van der Waals surface area contributed by atoms with E-state index >= 15 is 0 Å². The molecular formula is C15H16Cl3NO5. The Hall–Kier alpha value is -1.50. The van der Waals surface area contributed by atoms with Crippen LogP contribution in [0, 0.1) is 5.92 Å². The van der Waals surface area contributed by atoms with Gasteiger partial charge in [-0.2, -0.15) is 0 Å². The Bertz CT molecular complexity index is 619. The number of hydrogen-bond donors (Lipinski definition) is 0. The lowest BCUT2D eigenvalue weighted by Crippen LogP contribution is -2.31. The topological polar surface area (TPSA) is 72.9 Å². The van der Waals surface area contributed by atoms with Crippen molar-refractivity contribution in [1.29, 1.82) is 0 Å². The molecule has 1 heterocycles. The van der Waals surface area contributed by atoms with Gasteiger partial charge in [-0.05, 0) is 11.6 Å². The van der Waals surface area contributed by atoms with Crippen molar-refractivity contribution in [3.05, 3.63) is 35.7 Å². The van der Waals surface area contributed by atoms with E-state index in [1.165, 1.54) is 32.6 Å². The van der Waals surface area contributed by atoms with Gasteiger partial charge in [0.15, 0.2) is 0 Å². The van der Waals surface area contributed by atoms with Crippen molar-refractivity contribution in [2.24, 2.45) is 5.92 Å². The summed E-state index contributed by atoms with van der Waals surface area (Å²) in [5.74, 6) is -2.62. The molecule has 0 N–H and O–H groups in total. The first-order valence-electron chi connectivity index (χ1n) is 6.69. The molecule has 1 unspecified atom stereocenters. The van der Waals surface area contributed by atoms with E-state index in [2.05, 4.69) is 9.47 Å². The summed E-state index contributed by atoms with van der Waals surface area (Å²) < 4.78 is 7.02. The first kappa shape index (κ1) is 20.5. The van der Waals surface area contributed by atoms with E-state index in [-0.39, 0.29) is 12.0 Å². The zero-order chi connectivity index (χ0) is 18.5. The van der Waals surface area contributed by atoms with Gasteiger partial charge < -0.3 is 14.4 Å². The van der Waals surface area contributed by atoms with Crippen molar-refractivity contribution < 1.29 is 23.9 Å². The van der Waals surface area contributed by atoms with Gasteiger partial charge >= 0.3 is 11.9 Å². The van der Waals surface area contributed by atoms with Crippen LogP contribution in [0.1, 0.15) is 6.42 Å². The molecule has 0 aromatic carbocycles. The number of ether oxygens (including phenoxy) is 2. The molecule has 0 saturated carbocycles. The molecule has 0 aromatic rings. The smallest absolute Gasteiger partial charge is 0.330 e. The summed E-state index contributed by atoms with van der Waals surface area (Å²) in [4.78, 5) is 37.0. The van der Waals surface area contributed by atoms with Gasteiger partial charge in [-0.25, -0.2) is 4.79 Å². The van der Waals surface area contributed by atoms with Crippen molar-refractivity contribution >= 4 is 52.5 Å². The Labute approximate surface area is 154 Å². The minimum Gasteiger partial charge on any atom is -0.469 e. The van der Waals surface area contributed by atoms with Crippen LogP contribution in [-0.4, -0.2) is 47.7 Å². The van der Waals surface area contributed by atoms with Crippen LogP contribution < -0.4 is 0 Å². The molecule has 6 nitrogen and oxygen atoms in total. The molecule has 1 rings (SSSR count). The first-order chi connectivity index (χ1) is 11.1. The Morgan fingerprint density at radius 3 is 2.33 bits per heavy atom. The SMILES string of the molecule is COC(=O)/C=C/C1=CN(C)C=C(C(=O)C(Cl)(Cl)Cl)C1CC(=O)OC. The molecule has 9 heteroatoms. The molecule has 0 aliphatic carbocycles. The standard InChI is InChI=1S/C15H16Cl3NO5/c1-19-7-9(4-5-12(20)23-2)10(6-13(21)24-3)11(8-19)14(22)15(16,17)18/h4-5,7-8,10H,6H2,1-3H3/b5-4+. The van der Waals surface area contributed by atoms with Crippen molar-refractivity contribution in [3.63, 3.8) is 0 Å². The number of Topliss-reactive ketones (excluding diaryl/α,β-unsaturated/α-hetero) is 1. The number of methoxy groups -OCH3 is 2. The molecule has 0 spiro atoms. The number of rotatable bonds is 5. The normalized spacial score (nSPS) is 18.1. The monoisotopic (exact) mass is 395 g/mol. The van der Waals surface area contributed by atoms with Gasteiger partial charge in [-0.15, -0.1) is 0 Å². The minimum atomic E-state index is -2.17. The highest BCUT2D eigenvalue weighted by Crippen LogP contribution is 2.38. The van der Waals surface area contributed by atoms with Crippen LogP contribution in [0.15, 0.2) is 35.7 Å². The molecule has 1 aliphatic heterocycles. The van der Waals surface area contributed by atoms with E-state index in [0.717, 1.165) is 0 Å². The average Bonchev–Trinajstić information content (AvgIpc) is 2.52. The van der Waals surface area contributed by atoms with Gasteiger partial charge in [0.1, 0.15) is 0 Å². The zero-order valence-electron chi connectivity index (χ0n) is 13.2. The maximum absolute atomic E-state index is 12.4. The number of hydrogen-bond acceptors (Lipinski definition) is 6. The van der Waals surface area contributed by atoms with Crippen molar-refractivity contribution in [2.75, 3.05) is 21.3 Å². The largest absolute Gasteiger partial charge is 0.469 e. The summed E-state index contributed by atoms with van der Waals surface area (Å²) in [5.41, 5.74) is 0.614. The molecule has 24 heavy (non-hydrogen) atoms. The summed E-state index contributed by atoms with van der Waals surface area (Å²) >= 11 is 17.1. The summed E-state index contributed by atoms with van der Waals surface area (Å²) in [6.07, 6.45) is 5.57. The molecule has 0 fully saturated rings. The average molecular weight is 397 g/mol. The molecule has 0 aromatic heterocycles. The van der Waals surface area contributed by atoms with Crippen LogP contribution in [-0.2, 0) is 23.9 Å². The summed E-state index contributed by atoms with van der Waals surface area (Å²) in [7, 11) is 4.12. The number of carbonyl (C=O) groups excluding carboxylic acids is 3. The van der Waals surface area contributed by atoms with Crippen LogP contribution in [0.5, 0.6) is 0 Å². The van der Waals surface area contributed by atoms with E-state index in [0.29, 0.717) is 5.57 Å². The molecular weight excluding hydrogens is 381 g/mol. The zero-order valence-corrected chi connectivity index (χ0v) is 15.5. The lowest BCUT2D eigenvalue weighted by atomic mass is 9.84. The number of alkyl halides is 3. The van der Waals surface area contributed by atoms with Crippen molar-refractivity contribution in [2.45, 2.75) is 10.2 Å². The van der Waals surface area contributed by atoms with Crippen molar-refractivity contribution in [1.82, 2.24) is 4.90 Å². The second kappa shape index (κ2) is 8.55. The Balaban J connectivity index is 3.26. The van der Waals surface area contributed by atoms with Crippen LogP contribution in [0.4, 0.5) is 0 Å². The fraction of sp³-hybridized carbons (Fsp3) is 0.400. The lowest BCUT2D eigenvalue weighted by Gasteiger charge is -2.29. The van der Waals surface area contributed by atoms with Crippen LogP contribution >= 0.6 is 34.8 Å². The highest BCUT2D eigenvalue weighted by Gasteiger charge is 2.39. The van der Waals surface area contributed by atoms with Crippen LogP contribution in [0.3, 0.4) is 0 Å². The first-order valence-corrected chi connectivity index (χ1v) is 7.83. The quantitative estimate of drug-likeness (QED) is 0.404. The van der Waals surface area contributed by atoms with E-state index in [4.69, 9.17) is 34.8 Å². The summed E-state index contributed by atoms with van der Waals surface area (Å²) in [5, 5.41) is 0. The van der Waals surface area contributed by atoms with E-state index in [1.54, 1.807) is 18.1 Å². The molecule has 0 amide bonds. The predicted octanol–water partition coefficient (Wildman–Crippen LogP) is 2.55. The predicted molar refractivity (Wildman–Crippen MR) is 90.5 cm³/mol. The molecule has 132 valence electrons. The highest BCUT2D eigenvalue weighted by atomic mass is 35.6. The Morgan fingerprint density at radius 2 is 1.83 bits per heavy atom. The lowest BCUT2D eigenvalue weighted by molar-refractivity contribution is -0.141. The van der Waals surface area contributed by atoms with Gasteiger partial charge in [0, 0.05) is 37.0 Å². The van der Waals surface area contributed by atoms with E-state index in [1.807, 2.05) is 0 Å². The van der Waals surface area contributed by atoms with Gasteiger partial charge in [-0.3, -0.25) is 9.59 Å². The van der Waals surface area contributed by atoms with Gasteiger partial charge in [-0.1, -0.05) is 34.8 Å². The number of allylic oxidation sites excluding steroid dienone is 3. The fourth-order valence-corrected chi connectivity index (χ4v) is 2.43. The molecule has 0 saturated heterocycles. The number of carbonyl (C=O) groups is 3. The second-order valence-corrected chi connectivity index (χ2v) is 7.18. The number of esters is 2. The Kier molecular flexibility index (Phi) is 7.32. The maximum atomic E-state index is 12.4. The second-order valence-electron chi connectivity index (χ2n) is 4.90. The number of nitrogens with zero attached hydrogens (tertiary/aromatic N) is 1. The van der Waals surface area contributed by atoms with Crippen LogP contribution in [0.2, 0.25) is 0 Å². The highest BCUT2D eigenvalue weighted by molar-refractivity contribution is 6.77.